The minimum atomic E-state index is -1.24. The Morgan fingerprint density at radius 2 is 2.00 bits per heavy atom. The maximum atomic E-state index is 11.7. The van der Waals surface area contributed by atoms with E-state index in [-0.39, 0.29) is 12.2 Å². The lowest BCUT2D eigenvalue weighted by Gasteiger charge is -2.22. The molecule has 0 bridgehead atoms. The summed E-state index contributed by atoms with van der Waals surface area (Å²) in [5.41, 5.74) is -0.404. The van der Waals surface area contributed by atoms with Gasteiger partial charge in [0.1, 0.15) is 17.4 Å². The molecule has 0 radical (unpaired) electrons. The molecule has 1 unspecified atom stereocenters. The Bertz CT molecular complexity index is 585. The second kappa shape index (κ2) is 7.19. The second-order valence-electron chi connectivity index (χ2n) is 5.64. The molecule has 0 heterocycles. The van der Waals surface area contributed by atoms with Gasteiger partial charge in [0.05, 0.1) is 5.02 Å². The number of nitrogens with one attached hydrogen (secondary N) is 1. The van der Waals surface area contributed by atoms with E-state index in [1.807, 2.05) is 0 Å². The van der Waals surface area contributed by atoms with Crippen molar-refractivity contribution < 1.29 is 24.5 Å². The summed E-state index contributed by atoms with van der Waals surface area (Å²) in [6.45, 7) is 5.01. The lowest BCUT2D eigenvalue weighted by Crippen LogP contribution is -2.44. The van der Waals surface area contributed by atoms with Gasteiger partial charge < -0.3 is 20.3 Å². The van der Waals surface area contributed by atoms with Gasteiger partial charge >= 0.3 is 12.1 Å². The van der Waals surface area contributed by atoms with Gasteiger partial charge in [-0.1, -0.05) is 11.6 Å². The number of rotatable bonds is 4. The first kappa shape index (κ1) is 18.6. The Morgan fingerprint density at radius 1 is 1.41 bits per heavy atom. The summed E-state index contributed by atoms with van der Waals surface area (Å²) in [5.74, 6) is -1.39. The second-order valence-corrected chi connectivity index (χ2v) is 6.90. The first-order valence-electron chi connectivity index (χ1n) is 6.39. The molecule has 6 nitrogen and oxygen atoms in total. The lowest BCUT2D eigenvalue weighted by atomic mass is 10.1. The Morgan fingerprint density at radius 3 is 2.50 bits per heavy atom. The van der Waals surface area contributed by atoms with E-state index in [9.17, 15) is 19.8 Å². The number of carboxylic acids is 1. The molecule has 0 spiro atoms. The summed E-state index contributed by atoms with van der Waals surface area (Å²) in [7, 11) is 0. The summed E-state index contributed by atoms with van der Waals surface area (Å²) in [6.07, 6.45) is -0.955. The van der Waals surface area contributed by atoms with E-state index in [2.05, 4.69) is 21.2 Å². The molecule has 1 aromatic rings. The third-order valence-electron chi connectivity index (χ3n) is 2.53. The van der Waals surface area contributed by atoms with E-state index in [4.69, 9.17) is 16.3 Å². The van der Waals surface area contributed by atoms with Crippen molar-refractivity contribution in [3.05, 3.63) is 27.2 Å². The van der Waals surface area contributed by atoms with E-state index in [1.54, 1.807) is 20.8 Å². The molecule has 0 saturated carbocycles. The number of carboxylic acid groups (broad SMARTS) is 1. The van der Waals surface area contributed by atoms with Crippen LogP contribution in [-0.4, -0.2) is 33.9 Å². The number of aliphatic carboxylic acids is 1. The van der Waals surface area contributed by atoms with Crippen molar-refractivity contribution in [3.8, 4) is 5.75 Å². The van der Waals surface area contributed by atoms with E-state index in [0.29, 0.717) is 15.1 Å². The van der Waals surface area contributed by atoms with E-state index in [1.165, 1.54) is 12.1 Å². The number of phenolic OH excluding ortho intramolecular Hbond substituents is 1. The number of ether oxygens (including phenoxy) is 1. The van der Waals surface area contributed by atoms with Crippen LogP contribution in [-0.2, 0) is 16.0 Å². The van der Waals surface area contributed by atoms with E-state index in [0.717, 1.165) is 0 Å². The van der Waals surface area contributed by atoms with E-state index < -0.39 is 23.7 Å². The number of hydrogen-bond donors (Lipinski definition) is 3. The van der Waals surface area contributed by atoms with Crippen LogP contribution in [0.15, 0.2) is 16.6 Å². The van der Waals surface area contributed by atoms with Crippen molar-refractivity contribution in [1.29, 1.82) is 0 Å². The van der Waals surface area contributed by atoms with Crippen LogP contribution in [0, 0.1) is 0 Å². The standard InChI is InChI=1S/C14H17BrClNO5/c1-14(2,3)22-13(21)17-10(12(19)20)5-7-4-8(15)9(16)6-11(7)18/h4,6,10,18H,5H2,1-3H3,(H,17,21)(H,19,20). The molecule has 0 fully saturated rings. The Balaban J connectivity index is 2.88. The minimum Gasteiger partial charge on any atom is -0.508 e. The molecule has 0 aliphatic carbocycles. The van der Waals surface area contributed by atoms with Gasteiger partial charge in [-0.05, 0) is 54.4 Å². The van der Waals surface area contributed by atoms with Gasteiger partial charge in [-0.3, -0.25) is 0 Å². The molecule has 3 N–H and O–H groups in total. The number of aromatic hydroxyl groups is 1. The highest BCUT2D eigenvalue weighted by Crippen LogP contribution is 2.30. The van der Waals surface area contributed by atoms with Gasteiger partial charge in [-0.25, -0.2) is 9.59 Å². The smallest absolute Gasteiger partial charge is 0.408 e. The van der Waals surface area contributed by atoms with Crippen LogP contribution in [0.1, 0.15) is 26.3 Å². The summed E-state index contributed by atoms with van der Waals surface area (Å²) in [5, 5.41) is 21.6. The van der Waals surface area contributed by atoms with Crippen LogP contribution in [0.3, 0.4) is 0 Å². The number of hydrogen-bond acceptors (Lipinski definition) is 4. The number of amides is 1. The molecule has 0 aliphatic rings. The predicted molar refractivity (Wildman–Crippen MR) is 85.3 cm³/mol. The van der Waals surface area contributed by atoms with Gasteiger partial charge in [-0.2, -0.15) is 0 Å². The first-order chi connectivity index (χ1) is 9.99. The molecule has 22 heavy (non-hydrogen) atoms. The largest absolute Gasteiger partial charge is 0.508 e. The van der Waals surface area contributed by atoms with Crippen LogP contribution in [0.25, 0.3) is 0 Å². The molecular formula is C14H17BrClNO5. The van der Waals surface area contributed by atoms with Gasteiger partial charge in [0.2, 0.25) is 0 Å². The van der Waals surface area contributed by atoms with Crippen LogP contribution < -0.4 is 5.32 Å². The Hall–Kier alpha value is -1.47. The SMILES string of the molecule is CC(C)(C)OC(=O)NC(Cc1cc(Br)c(Cl)cc1O)C(=O)O. The zero-order valence-corrected chi connectivity index (χ0v) is 14.7. The predicted octanol–water partition coefficient (Wildman–Crippen LogP) is 3.33. The fourth-order valence-electron chi connectivity index (χ4n) is 1.61. The van der Waals surface area contributed by atoms with Gasteiger partial charge in [-0.15, -0.1) is 0 Å². The fraction of sp³-hybridized carbons (Fsp3) is 0.429. The monoisotopic (exact) mass is 393 g/mol. The maximum Gasteiger partial charge on any atom is 0.408 e. The van der Waals surface area contributed by atoms with Crippen LogP contribution in [0.2, 0.25) is 5.02 Å². The van der Waals surface area contributed by atoms with Gasteiger partial charge in [0.15, 0.2) is 0 Å². The van der Waals surface area contributed by atoms with Crippen LogP contribution in [0.4, 0.5) is 4.79 Å². The van der Waals surface area contributed by atoms with E-state index >= 15 is 0 Å². The summed E-state index contributed by atoms with van der Waals surface area (Å²) < 4.78 is 5.54. The fourth-order valence-corrected chi connectivity index (χ4v) is 2.16. The quantitative estimate of drug-likeness (QED) is 0.728. The molecule has 1 amide bonds. The van der Waals surface area contributed by atoms with Crippen molar-refractivity contribution in [2.75, 3.05) is 0 Å². The number of benzene rings is 1. The zero-order chi connectivity index (χ0) is 17.1. The molecule has 0 aromatic heterocycles. The average molecular weight is 395 g/mol. The van der Waals surface area contributed by atoms with Gasteiger partial charge in [0, 0.05) is 10.9 Å². The summed E-state index contributed by atoms with van der Waals surface area (Å²) in [6, 6.07) is 1.56. The molecule has 0 aliphatic heterocycles. The van der Waals surface area contributed by atoms with Crippen LogP contribution in [0.5, 0.6) is 5.75 Å². The van der Waals surface area contributed by atoms with Crippen molar-refractivity contribution in [3.63, 3.8) is 0 Å². The molecule has 122 valence electrons. The molecular weight excluding hydrogens is 378 g/mol. The minimum absolute atomic E-state index is 0.115. The maximum absolute atomic E-state index is 11.7. The molecule has 0 saturated heterocycles. The average Bonchev–Trinajstić information content (AvgIpc) is 2.32. The Labute approximate surface area is 141 Å². The molecule has 1 aromatic carbocycles. The number of phenols is 1. The zero-order valence-electron chi connectivity index (χ0n) is 12.3. The normalized spacial score (nSPS) is 12.6. The van der Waals surface area contributed by atoms with Gasteiger partial charge in [0.25, 0.3) is 0 Å². The number of carbonyl (C=O) groups is 2. The van der Waals surface area contributed by atoms with Crippen molar-refractivity contribution >= 4 is 39.6 Å². The first-order valence-corrected chi connectivity index (χ1v) is 7.56. The Kier molecular flexibility index (Phi) is 6.08. The molecule has 8 heteroatoms. The van der Waals surface area contributed by atoms with Crippen LogP contribution >= 0.6 is 27.5 Å². The molecule has 1 rings (SSSR count). The highest BCUT2D eigenvalue weighted by Gasteiger charge is 2.25. The highest BCUT2D eigenvalue weighted by atomic mass is 79.9. The highest BCUT2D eigenvalue weighted by molar-refractivity contribution is 9.10. The lowest BCUT2D eigenvalue weighted by molar-refractivity contribution is -0.139. The van der Waals surface area contributed by atoms with Crippen molar-refractivity contribution in [2.24, 2.45) is 0 Å². The van der Waals surface area contributed by atoms with Crippen molar-refractivity contribution in [2.45, 2.75) is 38.8 Å². The number of halogens is 2. The third-order valence-corrected chi connectivity index (χ3v) is 3.73. The number of carbonyl (C=O) groups excluding carboxylic acids is 1. The summed E-state index contributed by atoms with van der Waals surface area (Å²) >= 11 is 9.02. The summed E-state index contributed by atoms with van der Waals surface area (Å²) in [4.78, 5) is 23.0. The van der Waals surface area contributed by atoms with Crippen molar-refractivity contribution in [1.82, 2.24) is 5.32 Å². The third kappa shape index (κ3) is 5.73. The topological polar surface area (TPSA) is 95.9 Å². The molecule has 1 atom stereocenters. The number of alkyl carbamates (subject to hydrolysis) is 1.